The molecule has 0 saturated carbocycles. The summed E-state index contributed by atoms with van der Waals surface area (Å²) in [7, 11) is 0. The Morgan fingerprint density at radius 3 is 2.42 bits per heavy atom. The number of hydrogen-bond donors (Lipinski definition) is 1. The van der Waals surface area contributed by atoms with Crippen LogP contribution in [0.15, 0.2) is 48.5 Å². The molecule has 1 aliphatic rings. The Balaban J connectivity index is 1.81. The molecule has 2 aromatic rings. The summed E-state index contributed by atoms with van der Waals surface area (Å²) in [5.41, 5.74) is 0.685. The molecule has 3 rings (SSSR count). The van der Waals surface area contributed by atoms with Crippen molar-refractivity contribution in [3.63, 3.8) is 0 Å². The van der Waals surface area contributed by atoms with Gasteiger partial charge >= 0.3 is 5.97 Å². The maximum atomic E-state index is 11.7. The first kappa shape index (κ1) is 18.1. The zero-order valence-corrected chi connectivity index (χ0v) is 14.9. The number of unbranched alkanes of at least 4 members (excludes halogenated alkanes) is 3. The molecule has 2 unspecified atom stereocenters. The molecule has 2 aromatic carbocycles. The predicted molar refractivity (Wildman–Crippen MR) is 97.9 cm³/mol. The van der Waals surface area contributed by atoms with Gasteiger partial charge in [-0.3, -0.25) is 0 Å². The molecule has 138 valence electrons. The molecule has 0 radical (unpaired) electrons. The number of aliphatic carboxylic acids is 1. The highest BCUT2D eigenvalue weighted by Crippen LogP contribution is 2.41. The number of carbonyl (C=O) groups is 1. The van der Waals surface area contributed by atoms with Crippen LogP contribution in [0.4, 0.5) is 0 Å². The maximum absolute atomic E-state index is 11.7. The van der Waals surface area contributed by atoms with Crippen LogP contribution in [0, 0.1) is 0 Å². The molecule has 2 atom stereocenters. The molecule has 0 aromatic heterocycles. The molecule has 0 saturated heterocycles. The molecular formula is C21H24O5. The molecule has 0 fully saturated rings. The number of para-hydroxylation sites is 3. The second kappa shape index (κ2) is 8.61. The first-order chi connectivity index (χ1) is 12.7. The second-order valence-corrected chi connectivity index (χ2v) is 6.31. The van der Waals surface area contributed by atoms with Gasteiger partial charge < -0.3 is 19.3 Å². The van der Waals surface area contributed by atoms with Crippen molar-refractivity contribution >= 4 is 5.97 Å². The lowest BCUT2D eigenvalue weighted by Gasteiger charge is -2.32. The Kier molecular flexibility index (Phi) is 6.00. The third-order valence-corrected chi connectivity index (χ3v) is 4.36. The van der Waals surface area contributed by atoms with Crippen molar-refractivity contribution in [2.45, 2.75) is 44.8 Å². The quantitative estimate of drug-likeness (QED) is 0.700. The van der Waals surface area contributed by atoms with Crippen LogP contribution >= 0.6 is 0 Å². The minimum Gasteiger partial charge on any atom is -0.493 e. The molecular weight excluding hydrogens is 332 g/mol. The van der Waals surface area contributed by atoms with E-state index in [-0.39, 0.29) is 0 Å². The van der Waals surface area contributed by atoms with Crippen molar-refractivity contribution in [3.05, 3.63) is 54.1 Å². The fraction of sp³-hybridized carbons (Fsp3) is 0.381. The van der Waals surface area contributed by atoms with Crippen LogP contribution in [0.2, 0.25) is 0 Å². The first-order valence-electron chi connectivity index (χ1n) is 9.07. The second-order valence-electron chi connectivity index (χ2n) is 6.31. The molecule has 26 heavy (non-hydrogen) atoms. The summed E-state index contributed by atoms with van der Waals surface area (Å²) in [6, 6.07) is 14.5. The van der Waals surface area contributed by atoms with Crippen molar-refractivity contribution in [2.24, 2.45) is 0 Å². The Morgan fingerprint density at radius 1 is 1.00 bits per heavy atom. The average Bonchev–Trinajstić information content (AvgIpc) is 2.67. The van der Waals surface area contributed by atoms with Gasteiger partial charge in [-0.05, 0) is 24.6 Å². The fourth-order valence-electron chi connectivity index (χ4n) is 3.01. The number of carboxylic acids is 1. The molecule has 1 heterocycles. The van der Waals surface area contributed by atoms with E-state index >= 15 is 0 Å². The van der Waals surface area contributed by atoms with Gasteiger partial charge in [0.2, 0.25) is 6.10 Å². The minimum atomic E-state index is -1.13. The van der Waals surface area contributed by atoms with Crippen molar-refractivity contribution in [1.29, 1.82) is 0 Å². The number of carboxylic acid groups (broad SMARTS) is 1. The third kappa shape index (κ3) is 4.10. The minimum absolute atomic E-state index is 0.439. The van der Waals surface area contributed by atoms with Crippen LogP contribution in [0.3, 0.4) is 0 Å². The predicted octanol–water partition coefficient (Wildman–Crippen LogP) is 4.61. The Morgan fingerprint density at radius 2 is 1.69 bits per heavy atom. The van der Waals surface area contributed by atoms with E-state index in [1.165, 1.54) is 12.8 Å². The van der Waals surface area contributed by atoms with Gasteiger partial charge in [-0.2, -0.15) is 0 Å². The van der Waals surface area contributed by atoms with Gasteiger partial charge in [0.1, 0.15) is 5.75 Å². The van der Waals surface area contributed by atoms with E-state index in [0.717, 1.165) is 12.8 Å². The van der Waals surface area contributed by atoms with Crippen LogP contribution < -0.4 is 14.2 Å². The van der Waals surface area contributed by atoms with E-state index in [1.54, 1.807) is 18.2 Å². The van der Waals surface area contributed by atoms with Crippen molar-refractivity contribution in [1.82, 2.24) is 0 Å². The van der Waals surface area contributed by atoms with Crippen LogP contribution in [-0.2, 0) is 4.79 Å². The number of benzene rings is 2. The Labute approximate surface area is 153 Å². The molecule has 1 N–H and O–H groups in total. The van der Waals surface area contributed by atoms with Gasteiger partial charge in [-0.25, -0.2) is 4.79 Å². The maximum Gasteiger partial charge on any atom is 0.349 e. The molecule has 0 aliphatic carbocycles. The summed E-state index contributed by atoms with van der Waals surface area (Å²) in [5, 5.41) is 9.61. The zero-order valence-electron chi connectivity index (χ0n) is 14.9. The fourth-order valence-corrected chi connectivity index (χ4v) is 3.01. The van der Waals surface area contributed by atoms with Crippen LogP contribution in [0.5, 0.6) is 17.2 Å². The summed E-state index contributed by atoms with van der Waals surface area (Å²) in [6.45, 7) is 2.76. The van der Waals surface area contributed by atoms with Gasteiger partial charge in [-0.15, -0.1) is 0 Å². The van der Waals surface area contributed by atoms with Gasteiger partial charge in [0.25, 0.3) is 0 Å². The van der Waals surface area contributed by atoms with E-state index in [4.69, 9.17) is 14.2 Å². The Hall–Kier alpha value is -2.69. The van der Waals surface area contributed by atoms with E-state index in [0.29, 0.717) is 29.4 Å². The van der Waals surface area contributed by atoms with Gasteiger partial charge in [0, 0.05) is 5.56 Å². The molecule has 5 nitrogen and oxygen atoms in total. The average molecular weight is 356 g/mol. The van der Waals surface area contributed by atoms with Gasteiger partial charge in [-0.1, -0.05) is 56.5 Å². The third-order valence-electron chi connectivity index (χ3n) is 4.36. The standard InChI is InChI=1S/C21H24O5/c1-2-3-4-9-14-24-16-11-6-5-10-15(16)19-20(21(22)23)26-18-13-8-7-12-17(18)25-19/h5-8,10-13,19-20H,2-4,9,14H2,1H3,(H,22,23). The molecule has 1 aliphatic heterocycles. The summed E-state index contributed by atoms with van der Waals surface area (Å²) in [5.74, 6) is 0.548. The van der Waals surface area contributed by atoms with Gasteiger partial charge in [0.15, 0.2) is 17.6 Å². The lowest BCUT2D eigenvalue weighted by atomic mass is 10.0. The van der Waals surface area contributed by atoms with Crippen LogP contribution in [-0.4, -0.2) is 23.8 Å². The monoisotopic (exact) mass is 356 g/mol. The largest absolute Gasteiger partial charge is 0.493 e. The number of ether oxygens (including phenoxy) is 3. The van der Waals surface area contributed by atoms with Gasteiger partial charge in [0.05, 0.1) is 6.61 Å². The highest BCUT2D eigenvalue weighted by Gasteiger charge is 2.39. The number of fused-ring (bicyclic) bond motifs is 1. The topological polar surface area (TPSA) is 65.0 Å². The van der Waals surface area contributed by atoms with Crippen molar-refractivity contribution in [2.75, 3.05) is 6.61 Å². The number of rotatable bonds is 8. The van der Waals surface area contributed by atoms with Crippen molar-refractivity contribution in [3.8, 4) is 17.2 Å². The summed E-state index contributed by atoms with van der Waals surface area (Å²) < 4.78 is 17.6. The molecule has 0 spiro atoms. The van der Waals surface area contributed by atoms with E-state index < -0.39 is 18.2 Å². The lowest BCUT2D eigenvalue weighted by Crippen LogP contribution is -2.39. The zero-order chi connectivity index (χ0) is 18.4. The lowest BCUT2D eigenvalue weighted by molar-refractivity contribution is -0.151. The molecule has 0 bridgehead atoms. The highest BCUT2D eigenvalue weighted by atomic mass is 16.6. The summed E-state index contributed by atoms with van der Waals surface area (Å²) in [6.07, 6.45) is 2.54. The van der Waals surface area contributed by atoms with Crippen molar-refractivity contribution < 1.29 is 24.1 Å². The molecule has 0 amide bonds. The van der Waals surface area contributed by atoms with E-state index in [2.05, 4.69) is 6.92 Å². The SMILES string of the molecule is CCCCCCOc1ccccc1C1Oc2ccccc2OC1C(=O)O. The number of hydrogen-bond acceptors (Lipinski definition) is 4. The van der Waals surface area contributed by atoms with Crippen LogP contribution in [0.1, 0.15) is 44.3 Å². The normalized spacial score (nSPS) is 18.3. The summed E-state index contributed by atoms with van der Waals surface area (Å²) in [4.78, 5) is 11.7. The van der Waals surface area contributed by atoms with E-state index in [9.17, 15) is 9.90 Å². The summed E-state index contributed by atoms with van der Waals surface area (Å²) >= 11 is 0. The van der Waals surface area contributed by atoms with E-state index in [1.807, 2.05) is 30.3 Å². The Bertz CT molecular complexity index is 743. The molecule has 5 heteroatoms. The first-order valence-corrected chi connectivity index (χ1v) is 9.07. The highest BCUT2D eigenvalue weighted by molar-refractivity contribution is 5.75. The van der Waals surface area contributed by atoms with Crippen LogP contribution in [0.25, 0.3) is 0 Å². The smallest absolute Gasteiger partial charge is 0.349 e.